The minimum absolute atomic E-state index is 0.0420. The second-order valence-corrected chi connectivity index (χ2v) is 4.61. The molecule has 0 bridgehead atoms. The summed E-state index contributed by atoms with van der Waals surface area (Å²) in [5, 5.41) is 8.30. The van der Waals surface area contributed by atoms with Crippen LogP contribution in [0.3, 0.4) is 0 Å². The van der Waals surface area contributed by atoms with Crippen molar-refractivity contribution in [1.29, 1.82) is 0 Å². The number of Topliss-reactive ketones (excluding diaryl/α,β-unsaturated/α-hetero) is 1. The molecule has 0 aromatic heterocycles. The molecule has 1 atom stereocenters. The number of carbonyl (C=O) groups is 2. The van der Waals surface area contributed by atoms with Gasteiger partial charge in [0.1, 0.15) is 0 Å². The highest BCUT2D eigenvalue weighted by atomic mass is 32.2. The van der Waals surface area contributed by atoms with Crippen molar-refractivity contribution in [2.24, 2.45) is 5.73 Å². The summed E-state index contributed by atoms with van der Waals surface area (Å²) in [7, 11) is -4.18. The van der Waals surface area contributed by atoms with Crippen LogP contribution < -0.4 is 5.73 Å². The van der Waals surface area contributed by atoms with E-state index in [0.29, 0.717) is 0 Å². The Kier molecular flexibility index (Phi) is 5.40. The summed E-state index contributed by atoms with van der Waals surface area (Å²) < 4.78 is 28.9. The van der Waals surface area contributed by atoms with Crippen LogP contribution in [0.15, 0.2) is 0 Å². The van der Waals surface area contributed by atoms with E-state index in [4.69, 9.17) is 15.4 Å². The van der Waals surface area contributed by atoms with Crippen LogP contribution in [0.2, 0.25) is 0 Å². The average Bonchev–Trinajstić information content (AvgIpc) is 2.08. The summed E-state index contributed by atoms with van der Waals surface area (Å²) >= 11 is 0. The second-order valence-electron chi connectivity index (χ2n) is 3.04. The number of carboxylic acid groups (broad SMARTS) is 1. The standard InChI is InChI=1S/C7H13NO6S/c8-5(1-2-7(10)11)6(9)3-4-15(12,13)14/h5H,1-4,8H2,(H,10,11)(H,12,13,14). The van der Waals surface area contributed by atoms with Gasteiger partial charge in [0, 0.05) is 12.8 Å². The van der Waals surface area contributed by atoms with Gasteiger partial charge < -0.3 is 10.8 Å². The van der Waals surface area contributed by atoms with Crippen LogP contribution in [0.25, 0.3) is 0 Å². The molecule has 0 saturated heterocycles. The van der Waals surface area contributed by atoms with Crippen LogP contribution in [-0.4, -0.2) is 41.6 Å². The van der Waals surface area contributed by atoms with Gasteiger partial charge in [-0.15, -0.1) is 0 Å². The Morgan fingerprint density at radius 2 is 1.80 bits per heavy atom. The number of rotatable bonds is 7. The van der Waals surface area contributed by atoms with E-state index >= 15 is 0 Å². The van der Waals surface area contributed by atoms with Gasteiger partial charge in [-0.3, -0.25) is 14.1 Å². The molecular formula is C7H13NO6S. The van der Waals surface area contributed by atoms with Gasteiger partial charge in [-0.2, -0.15) is 8.42 Å². The van der Waals surface area contributed by atoms with Gasteiger partial charge in [0.05, 0.1) is 11.8 Å². The molecule has 0 rings (SSSR count). The van der Waals surface area contributed by atoms with Gasteiger partial charge in [-0.05, 0) is 6.42 Å². The topological polar surface area (TPSA) is 135 Å². The maximum atomic E-state index is 11.1. The molecule has 0 aliphatic heterocycles. The summed E-state index contributed by atoms with van der Waals surface area (Å²) in [4.78, 5) is 21.2. The predicted molar refractivity (Wildman–Crippen MR) is 50.9 cm³/mol. The van der Waals surface area contributed by atoms with E-state index in [-0.39, 0.29) is 12.8 Å². The zero-order chi connectivity index (χ0) is 12.1. The molecule has 0 amide bonds. The van der Waals surface area contributed by atoms with Gasteiger partial charge >= 0.3 is 5.97 Å². The van der Waals surface area contributed by atoms with Gasteiger partial charge in [0.15, 0.2) is 5.78 Å². The highest BCUT2D eigenvalue weighted by Gasteiger charge is 2.17. The van der Waals surface area contributed by atoms with E-state index in [2.05, 4.69) is 0 Å². The Bertz CT molecular complexity index is 335. The molecule has 0 spiro atoms. The van der Waals surface area contributed by atoms with Crippen molar-refractivity contribution in [3.63, 3.8) is 0 Å². The van der Waals surface area contributed by atoms with Crippen LogP contribution in [0, 0.1) is 0 Å². The Morgan fingerprint density at radius 1 is 1.27 bits per heavy atom. The quantitative estimate of drug-likeness (QED) is 0.486. The third-order valence-corrected chi connectivity index (χ3v) is 2.41. The molecule has 0 aliphatic rings. The fraction of sp³-hybridized carbons (Fsp3) is 0.714. The van der Waals surface area contributed by atoms with Gasteiger partial charge in [-0.25, -0.2) is 0 Å². The molecular weight excluding hydrogens is 226 g/mol. The molecule has 15 heavy (non-hydrogen) atoms. The summed E-state index contributed by atoms with van der Waals surface area (Å²) in [5.74, 6) is -2.34. The Hall–Kier alpha value is -0.990. The first kappa shape index (κ1) is 14.0. The summed E-state index contributed by atoms with van der Waals surface area (Å²) in [6.45, 7) is 0. The number of nitrogens with two attached hydrogens (primary N) is 1. The maximum Gasteiger partial charge on any atom is 0.303 e. The first-order valence-corrected chi connectivity index (χ1v) is 5.78. The number of ketones is 1. The number of carbonyl (C=O) groups excluding carboxylic acids is 1. The minimum Gasteiger partial charge on any atom is -0.481 e. The number of carboxylic acids is 1. The van der Waals surface area contributed by atoms with Gasteiger partial charge in [0.2, 0.25) is 0 Å². The Balaban J connectivity index is 3.95. The van der Waals surface area contributed by atoms with E-state index in [1.807, 2.05) is 0 Å². The van der Waals surface area contributed by atoms with Crippen LogP contribution in [0.1, 0.15) is 19.3 Å². The Morgan fingerprint density at radius 3 is 2.20 bits per heavy atom. The van der Waals surface area contributed by atoms with Crippen LogP contribution in [-0.2, 0) is 19.7 Å². The fourth-order valence-electron chi connectivity index (χ4n) is 0.855. The highest BCUT2D eigenvalue weighted by Crippen LogP contribution is 2.00. The molecule has 4 N–H and O–H groups in total. The largest absolute Gasteiger partial charge is 0.481 e. The normalized spacial score (nSPS) is 13.5. The second kappa shape index (κ2) is 5.79. The van der Waals surface area contributed by atoms with Gasteiger partial charge in [0.25, 0.3) is 10.1 Å². The average molecular weight is 239 g/mol. The molecule has 1 unspecified atom stereocenters. The number of aliphatic carboxylic acids is 1. The number of hydrogen-bond donors (Lipinski definition) is 3. The van der Waals surface area contributed by atoms with E-state index in [9.17, 15) is 18.0 Å². The summed E-state index contributed by atoms with van der Waals surface area (Å²) in [6, 6.07) is -0.997. The summed E-state index contributed by atoms with van der Waals surface area (Å²) in [5.41, 5.74) is 5.31. The third kappa shape index (κ3) is 8.03. The molecule has 0 fully saturated rings. The minimum atomic E-state index is -4.18. The first-order chi connectivity index (χ1) is 6.72. The molecule has 0 aliphatic carbocycles. The third-order valence-electron chi connectivity index (χ3n) is 1.69. The van der Waals surface area contributed by atoms with Crippen molar-refractivity contribution < 1.29 is 27.7 Å². The molecule has 8 heteroatoms. The number of hydrogen-bond acceptors (Lipinski definition) is 5. The van der Waals surface area contributed by atoms with Crippen molar-refractivity contribution in [3.05, 3.63) is 0 Å². The van der Waals surface area contributed by atoms with E-state index < -0.39 is 40.1 Å². The molecule has 0 heterocycles. The Labute approximate surface area is 87.0 Å². The smallest absolute Gasteiger partial charge is 0.303 e. The van der Waals surface area contributed by atoms with Crippen LogP contribution >= 0.6 is 0 Å². The van der Waals surface area contributed by atoms with E-state index in [1.54, 1.807) is 0 Å². The van der Waals surface area contributed by atoms with Crippen molar-refractivity contribution in [1.82, 2.24) is 0 Å². The van der Waals surface area contributed by atoms with E-state index in [1.165, 1.54) is 0 Å². The lowest BCUT2D eigenvalue weighted by Gasteiger charge is -2.07. The maximum absolute atomic E-state index is 11.1. The fourth-order valence-corrected chi connectivity index (χ4v) is 1.31. The highest BCUT2D eigenvalue weighted by molar-refractivity contribution is 7.85. The molecule has 0 aromatic carbocycles. The van der Waals surface area contributed by atoms with Gasteiger partial charge in [-0.1, -0.05) is 0 Å². The lowest BCUT2D eigenvalue weighted by molar-refractivity contribution is -0.137. The molecule has 88 valence electrons. The van der Waals surface area contributed by atoms with E-state index in [0.717, 1.165) is 0 Å². The SMILES string of the molecule is NC(CCC(=O)O)C(=O)CCS(=O)(=O)O. The lowest BCUT2D eigenvalue weighted by Crippen LogP contribution is -2.32. The monoisotopic (exact) mass is 239 g/mol. The van der Waals surface area contributed by atoms with Crippen molar-refractivity contribution >= 4 is 21.9 Å². The predicted octanol–water partition coefficient (Wildman–Crippen LogP) is -0.974. The zero-order valence-corrected chi connectivity index (χ0v) is 8.74. The van der Waals surface area contributed by atoms with Crippen molar-refractivity contribution in [3.8, 4) is 0 Å². The van der Waals surface area contributed by atoms with Crippen molar-refractivity contribution in [2.75, 3.05) is 5.75 Å². The first-order valence-electron chi connectivity index (χ1n) is 4.17. The lowest BCUT2D eigenvalue weighted by atomic mass is 10.1. The zero-order valence-electron chi connectivity index (χ0n) is 7.92. The van der Waals surface area contributed by atoms with Crippen LogP contribution in [0.4, 0.5) is 0 Å². The van der Waals surface area contributed by atoms with Crippen LogP contribution in [0.5, 0.6) is 0 Å². The van der Waals surface area contributed by atoms with Crippen molar-refractivity contribution in [2.45, 2.75) is 25.3 Å². The molecule has 0 saturated carbocycles. The molecule has 7 nitrogen and oxygen atoms in total. The molecule has 0 radical (unpaired) electrons. The summed E-state index contributed by atoms with van der Waals surface area (Å²) in [6.07, 6.45) is -0.696. The molecule has 0 aromatic rings.